The predicted octanol–water partition coefficient (Wildman–Crippen LogP) is 3.24. The summed E-state index contributed by atoms with van der Waals surface area (Å²) in [7, 11) is 0. The zero-order valence-electron chi connectivity index (χ0n) is 10.2. The Kier molecular flexibility index (Phi) is 4.02. The Morgan fingerprint density at radius 2 is 1.10 bits per heavy atom. The van der Waals surface area contributed by atoms with Crippen molar-refractivity contribution < 1.29 is 31.9 Å². The molecule has 0 fully saturated rings. The van der Waals surface area contributed by atoms with Gasteiger partial charge in [0.05, 0.1) is 11.1 Å². The molecule has 0 aliphatic carbocycles. The molecule has 0 N–H and O–H groups in total. The van der Waals surface area contributed by atoms with Gasteiger partial charge in [-0.05, 0) is 24.3 Å². The van der Waals surface area contributed by atoms with E-state index in [4.69, 9.17) is 0 Å². The average Bonchev–Trinajstić information content (AvgIpc) is 2.37. The minimum atomic E-state index is -1.42. The van der Waals surface area contributed by atoms with Gasteiger partial charge >= 0.3 is 11.9 Å². The Labute approximate surface area is 115 Å². The molecule has 2 rings (SSSR count). The highest BCUT2D eigenvalue weighted by atomic mass is 19.1. The monoisotopic (exact) mass is 298 g/mol. The van der Waals surface area contributed by atoms with Crippen LogP contribution in [0, 0.1) is 23.3 Å². The number of carbonyl (C=O) groups is 2. The number of rotatable bonds is 2. The van der Waals surface area contributed by atoms with Crippen LogP contribution in [0.15, 0.2) is 36.4 Å². The Bertz CT molecular complexity index is 667. The molecule has 21 heavy (non-hydrogen) atoms. The summed E-state index contributed by atoms with van der Waals surface area (Å²) in [6, 6.07) is 4.01. The van der Waals surface area contributed by atoms with Gasteiger partial charge in [-0.2, -0.15) is 0 Å². The molecule has 0 bridgehead atoms. The molecule has 0 aliphatic heterocycles. The number of hydrogen-bond acceptors (Lipinski definition) is 3. The van der Waals surface area contributed by atoms with Gasteiger partial charge in [0.15, 0.2) is 0 Å². The molecule has 0 amide bonds. The van der Waals surface area contributed by atoms with Crippen molar-refractivity contribution in [3.63, 3.8) is 0 Å². The van der Waals surface area contributed by atoms with E-state index in [2.05, 4.69) is 4.74 Å². The smallest absolute Gasteiger partial charge is 0.349 e. The summed E-state index contributed by atoms with van der Waals surface area (Å²) in [6.45, 7) is 0. The van der Waals surface area contributed by atoms with E-state index in [1.54, 1.807) is 0 Å². The molecule has 108 valence electrons. The molecule has 0 aliphatic rings. The van der Waals surface area contributed by atoms with Crippen LogP contribution in [0.25, 0.3) is 0 Å². The van der Waals surface area contributed by atoms with E-state index in [-0.39, 0.29) is 0 Å². The molecule has 2 aromatic rings. The van der Waals surface area contributed by atoms with E-state index in [1.807, 2.05) is 0 Å². The normalized spacial score (nSPS) is 10.3. The number of halogens is 4. The first kappa shape index (κ1) is 14.7. The summed E-state index contributed by atoms with van der Waals surface area (Å²) >= 11 is 0. The van der Waals surface area contributed by atoms with Crippen molar-refractivity contribution in [1.82, 2.24) is 0 Å². The fourth-order valence-corrected chi connectivity index (χ4v) is 1.50. The largest absolute Gasteiger partial charge is 0.386 e. The van der Waals surface area contributed by atoms with E-state index >= 15 is 0 Å². The van der Waals surface area contributed by atoms with Crippen LogP contribution in [0.4, 0.5) is 17.6 Å². The van der Waals surface area contributed by atoms with Crippen LogP contribution >= 0.6 is 0 Å². The summed E-state index contributed by atoms with van der Waals surface area (Å²) in [5, 5.41) is 0. The van der Waals surface area contributed by atoms with Crippen molar-refractivity contribution in [2.24, 2.45) is 0 Å². The third kappa shape index (κ3) is 3.25. The molecule has 7 heteroatoms. The quantitative estimate of drug-likeness (QED) is 0.485. The first-order valence-electron chi connectivity index (χ1n) is 5.55. The maximum Gasteiger partial charge on any atom is 0.349 e. The van der Waals surface area contributed by atoms with E-state index in [0.29, 0.717) is 12.1 Å². The summed E-state index contributed by atoms with van der Waals surface area (Å²) in [6.07, 6.45) is 0. The highest BCUT2D eigenvalue weighted by Crippen LogP contribution is 2.14. The summed E-state index contributed by atoms with van der Waals surface area (Å²) in [4.78, 5) is 23.1. The standard InChI is InChI=1S/C14H6F4O3/c15-7-1-3-9(11(17)5-7)13(19)21-14(20)10-4-2-8(16)6-12(10)18/h1-6H. The van der Waals surface area contributed by atoms with Crippen LogP contribution in [0.2, 0.25) is 0 Å². The first-order chi connectivity index (χ1) is 9.88. The third-order valence-corrected chi connectivity index (χ3v) is 2.49. The van der Waals surface area contributed by atoms with Crippen molar-refractivity contribution in [1.29, 1.82) is 0 Å². The van der Waals surface area contributed by atoms with Gasteiger partial charge in [0, 0.05) is 12.1 Å². The molecule has 0 spiro atoms. The first-order valence-corrected chi connectivity index (χ1v) is 5.55. The summed E-state index contributed by atoms with van der Waals surface area (Å²) < 4.78 is 56.3. The van der Waals surface area contributed by atoms with Gasteiger partial charge in [0.1, 0.15) is 23.3 Å². The van der Waals surface area contributed by atoms with Crippen molar-refractivity contribution in [3.8, 4) is 0 Å². The Morgan fingerprint density at radius 3 is 1.43 bits per heavy atom. The van der Waals surface area contributed by atoms with Gasteiger partial charge in [-0.25, -0.2) is 27.2 Å². The third-order valence-electron chi connectivity index (χ3n) is 2.49. The van der Waals surface area contributed by atoms with E-state index in [9.17, 15) is 27.2 Å². The second-order valence-corrected chi connectivity index (χ2v) is 3.93. The van der Waals surface area contributed by atoms with Crippen LogP contribution in [0.3, 0.4) is 0 Å². The summed E-state index contributed by atoms with van der Waals surface area (Å²) in [5.74, 6) is -7.12. The summed E-state index contributed by atoms with van der Waals surface area (Å²) in [5.41, 5.74) is -1.38. The maximum atomic E-state index is 13.3. The average molecular weight is 298 g/mol. The van der Waals surface area contributed by atoms with Gasteiger partial charge in [-0.1, -0.05) is 0 Å². The number of esters is 2. The van der Waals surface area contributed by atoms with Crippen LogP contribution in [0.5, 0.6) is 0 Å². The van der Waals surface area contributed by atoms with E-state index in [0.717, 1.165) is 24.3 Å². The lowest BCUT2D eigenvalue weighted by Crippen LogP contribution is -2.15. The lowest BCUT2D eigenvalue weighted by atomic mass is 10.2. The second-order valence-electron chi connectivity index (χ2n) is 3.93. The minimum Gasteiger partial charge on any atom is -0.386 e. The van der Waals surface area contributed by atoms with Crippen molar-refractivity contribution in [2.75, 3.05) is 0 Å². The highest BCUT2D eigenvalue weighted by molar-refractivity contribution is 6.02. The van der Waals surface area contributed by atoms with Crippen molar-refractivity contribution in [2.45, 2.75) is 0 Å². The second kappa shape index (κ2) is 5.74. The molecule has 0 atom stereocenters. The van der Waals surface area contributed by atoms with Gasteiger partial charge in [-0.3, -0.25) is 0 Å². The van der Waals surface area contributed by atoms with Gasteiger partial charge in [0.25, 0.3) is 0 Å². The molecular weight excluding hydrogens is 292 g/mol. The predicted molar refractivity (Wildman–Crippen MR) is 62.5 cm³/mol. The molecule has 0 radical (unpaired) electrons. The zero-order chi connectivity index (χ0) is 15.6. The lowest BCUT2D eigenvalue weighted by molar-refractivity contribution is 0.0392. The van der Waals surface area contributed by atoms with E-state index < -0.39 is 46.3 Å². The maximum absolute atomic E-state index is 13.3. The molecule has 0 saturated heterocycles. The molecule has 0 aromatic heterocycles. The van der Waals surface area contributed by atoms with Crippen LogP contribution in [0.1, 0.15) is 20.7 Å². The lowest BCUT2D eigenvalue weighted by Gasteiger charge is -2.05. The molecule has 3 nitrogen and oxygen atoms in total. The SMILES string of the molecule is O=C(OC(=O)c1ccc(F)cc1F)c1ccc(F)cc1F. The minimum absolute atomic E-state index is 0.430. The highest BCUT2D eigenvalue weighted by Gasteiger charge is 2.21. The van der Waals surface area contributed by atoms with Gasteiger partial charge in [-0.15, -0.1) is 0 Å². The fraction of sp³-hybridized carbons (Fsp3) is 0. The Hall–Kier alpha value is -2.70. The van der Waals surface area contributed by atoms with Crippen LogP contribution in [-0.2, 0) is 4.74 Å². The van der Waals surface area contributed by atoms with Crippen molar-refractivity contribution >= 4 is 11.9 Å². The fourth-order valence-electron chi connectivity index (χ4n) is 1.50. The van der Waals surface area contributed by atoms with Gasteiger partial charge < -0.3 is 4.74 Å². The number of benzene rings is 2. The molecule has 2 aromatic carbocycles. The molecule has 0 unspecified atom stereocenters. The Balaban J connectivity index is 2.21. The van der Waals surface area contributed by atoms with Crippen molar-refractivity contribution in [3.05, 3.63) is 70.8 Å². The van der Waals surface area contributed by atoms with Gasteiger partial charge in [0.2, 0.25) is 0 Å². The number of hydrogen-bond donors (Lipinski definition) is 0. The number of ether oxygens (including phenoxy) is 1. The Morgan fingerprint density at radius 1 is 0.714 bits per heavy atom. The number of carbonyl (C=O) groups excluding carboxylic acids is 2. The zero-order valence-corrected chi connectivity index (χ0v) is 10.2. The van der Waals surface area contributed by atoms with Crippen LogP contribution < -0.4 is 0 Å². The topological polar surface area (TPSA) is 43.4 Å². The molecular formula is C14H6F4O3. The van der Waals surface area contributed by atoms with E-state index in [1.165, 1.54) is 0 Å². The molecule has 0 saturated carbocycles. The van der Waals surface area contributed by atoms with Crippen LogP contribution in [-0.4, -0.2) is 11.9 Å². The molecule has 0 heterocycles.